The molecule has 3 aromatic rings. The fourth-order valence-corrected chi connectivity index (χ4v) is 3.79. The predicted octanol–water partition coefficient (Wildman–Crippen LogP) is 3.39. The number of aromatic nitrogens is 3. The molecule has 1 aromatic carbocycles. The third-order valence-electron chi connectivity index (χ3n) is 5.44. The zero-order valence-electron chi connectivity index (χ0n) is 16.2. The number of nitrogens with one attached hydrogen (secondary N) is 1. The zero-order chi connectivity index (χ0) is 20.4. The molecule has 0 atom stereocenters. The molecule has 0 spiro atoms. The summed E-state index contributed by atoms with van der Waals surface area (Å²) in [5.41, 5.74) is 1.53. The molecule has 6 nitrogen and oxygen atoms in total. The van der Waals surface area contributed by atoms with E-state index in [-0.39, 0.29) is 24.3 Å². The predicted molar refractivity (Wildman–Crippen MR) is 108 cm³/mol. The maximum absolute atomic E-state index is 14.5. The quantitative estimate of drug-likeness (QED) is 0.714. The van der Waals surface area contributed by atoms with E-state index in [1.165, 1.54) is 12.3 Å². The molecule has 1 N–H and O–H groups in total. The number of rotatable bonds is 5. The van der Waals surface area contributed by atoms with Gasteiger partial charge in [-0.05, 0) is 55.1 Å². The highest BCUT2D eigenvalue weighted by atomic mass is 19.1. The summed E-state index contributed by atoms with van der Waals surface area (Å²) in [5, 5.41) is 8.04. The minimum absolute atomic E-state index is 0.0966. The van der Waals surface area contributed by atoms with Gasteiger partial charge in [0.25, 0.3) is 0 Å². The van der Waals surface area contributed by atoms with E-state index in [1.807, 2.05) is 17.2 Å². The molecule has 0 unspecified atom stereocenters. The largest absolute Gasteiger partial charge is 0.310 e. The Morgan fingerprint density at radius 1 is 1.21 bits per heavy atom. The summed E-state index contributed by atoms with van der Waals surface area (Å²) < 4.78 is 28.7. The summed E-state index contributed by atoms with van der Waals surface area (Å²) in [4.78, 5) is 18.8. The van der Waals surface area contributed by atoms with Crippen molar-refractivity contribution in [1.82, 2.24) is 19.7 Å². The molecular weight excluding hydrogens is 376 g/mol. The SMILES string of the molecule is Cn1cc(-c2cc(F)c3cnc(NC(=O)C4CCN(CCF)CC4)cc3c2)cn1. The molecule has 1 saturated heterocycles. The third kappa shape index (κ3) is 4.27. The molecule has 4 rings (SSSR count). The van der Waals surface area contributed by atoms with E-state index in [4.69, 9.17) is 0 Å². The second-order valence-electron chi connectivity index (χ2n) is 7.45. The fourth-order valence-electron chi connectivity index (χ4n) is 3.79. The van der Waals surface area contributed by atoms with Crippen LogP contribution in [0.1, 0.15) is 12.8 Å². The molecule has 152 valence electrons. The van der Waals surface area contributed by atoms with Crippen molar-refractivity contribution >= 4 is 22.5 Å². The van der Waals surface area contributed by atoms with Crippen molar-refractivity contribution in [1.29, 1.82) is 0 Å². The number of alkyl halides is 1. The van der Waals surface area contributed by atoms with E-state index in [0.717, 1.165) is 5.56 Å². The highest BCUT2D eigenvalue weighted by Gasteiger charge is 2.25. The van der Waals surface area contributed by atoms with Crippen molar-refractivity contribution in [3.63, 3.8) is 0 Å². The van der Waals surface area contributed by atoms with Crippen LogP contribution in [0.5, 0.6) is 0 Å². The Kier molecular flexibility index (Phi) is 5.53. The molecule has 0 saturated carbocycles. The van der Waals surface area contributed by atoms with Crippen LogP contribution in [0.25, 0.3) is 21.9 Å². The van der Waals surface area contributed by atoms with Gasteiger partial charge in [-0.15, -0.1) is 0 Å². The number of benzene rings is 1. The van der Waals surface area contributed by atoms with Gasteiger partial charge in [-0.25, -0.2) is 13.8 Å². The van der Waals surface area contributed by atoms with Crippen LogP contribution in [0.15, 0.2) is 36.8 Å². The maximum Gasteiger partial charge on any atom is 0.228 e. The molecule has 29 heavy (non-hydrogen) atoms. The van der Waals surface area contributed by atoms with Crippen molar-refractivity contribution in [2.45, 2.75) is 12.8 Å². The van der Waals surface area contributed by atoms with E-state index in [1.54, 1.807) is 24.0 Å². The number of carbonyl (C=O) groups is 1. The van der Waals surface area contributed by atoms with Crippen LogP contribution in [0.4, 0.5) is 14.6 Å². The summed E-state index contributed by atoms with van der Waals surface area (Å²) in [7, 11) is 1.81. The molecule has 3 heterocycles. The van der Waals surface area contributed by atoms with Crippen molar-refractivity contribution in [3.8, 4) is 11.1 Å². The number of likely N-dealkylation sites (tertiary alicyclic amines) is 1. The first-order valence-corrected chi connectivity index (χ1v) is 9.71. The molecule has 8 heteroatoms. The molecule has 1 aliphatic heterocycles. The van der Waals surface area contributed by atoms with Crippen LogP contribution in [-0.2, 0) is 11.8 Å². The summed E-state index contributed by atoms with van der Waals surface area (Å²) in [5.74, 6) is -0.189. The van der Waals surface area contributed by atoms with Gasteiger partial charge in [-0.2, -0.15) is 5.10 Å². The normalized spacial score (nSPS) is 15.7. The molecule has 2 aromatic heterocycles. The number of pyridine rings is 1. The maximum atomic E-state index is 14.5. The van der Waals surface area contributed by atoms with Gasteiger partial charge in [0.2, 0.25) is 5.91 Å². The van der Waals surface area contributed by atoms with Gasteiger partial charge < -0.3 is 10.2 Å². The van der Waals surface area contributed by atoms with Gasteiger partial charge in [-0.3, -0.25) is 9.48 Å². The first-order chi connectivity index (χ1) is 14.0. The molecule has 0 aliphatic carbocycles. The first kappa shape index (κ1) is 19.4. The number of amides is 1. The Hall–Kier alpha value is -2.87. The zero-order valence-corrected chi connectivity index (χ0v) is 16.2. The lowest BCUT2D eigenvalue weighted by atomic mass is 9.96. The lowest BCUT2D eigenvalue weighted by Crippen LogP contribution is -2.39. The monoisotopic (exact) mass is 399 g/mol. The fraction of sp³-hybridized carbons (Fsp3) is 0.381. The van der Waals surface area contributed by atoms with E-state index in [9.17, 15) is 13.6 Å². The van der Waals surface area contributed by atoms with Crippen LogP contribution in [0.3, 0.4) is 0 Å². The number of nitrogens with zero attached hydrogens (tertiary/aromatic N) is 4. The van der Waals surface area contributed by atoms with E-state index < -0.39 is 0 Å². The van der Waals surface area contributed by atoms with Gasteiger partial charge >= 0.3 is 0 Å². The number of carbonyl (C=O) groups excluding carboxylic acids is 1. The van der Waals surface area contributed by atoms with Gasteiger partial charge in [0, 0.05) is 42.9 Å². The highest BCUT2D eigenvalue weighted by molar-refractivity contribution is 5.95. The lowest BCUT2D eigenvalue weighted by Gasteiger charge is -2.30. The van der Waals surface area contributed by atoms with Gasteiger partial charge in [-0.1, -0.05) is 0 Å². The topological polar surface area (TPSA) is 63.1 Å². The number of hydrogen-bond donors (Lipinski definition) is 1. The smallest absolute Gasteiger partial charge is 0.228 e. The third-order valence-corrected chi connectivity index (χ3v) is 5.44. The molecule has 1 aliphatic rings. The molecular formula is C21H23F2N5O. The molecule has 0 bridgehead atoms. The van der Waals surface area contributed by atoms with Crippen molar-refractivity contribution in [3.05, 3.63) is 42.6 Å². The second-order valence-corrected chi connectivity index (χ2v) is 7.45. The van der Waals surface area contributed by atoms with Crippen molar-refractivity contribution in [2.75, 3.05) is 31.6 Å². The second kappa shape index (κ2) is 8.24. The number of fused-ring (bicyclic) bond motifs is 1. The lowest BCUT2D eigenvalue weighted by molar-refractivity contribution is -0.121. The van der Waals surface area contributed by atoms with Crippen LogP contribution >= 0.6 is 0 Å². The van der Waals surface area contributed by atoms with E-state index in [2.05, 4.69) is 15.4 Å². The van der Waals surface area contributed by atoms with Crippen molar-refractivity contribution < 1.29 is 13.6 Å². The van der Waals surface area contributed by atoms with Gasteiger partial charge in [0.05, 0.1) is 6.20 Å². The van der Waals surface area contributed by atoms with Crippen molar-refractivity contribution in [2.24, 2.45) is 13.0 Å². The summed E-state index contributed by atoms with van der Waals surface area (Å²) >= 11 is 0. The van der Waals surface area contributed by atoms with Crippen LogP contribution in [0, 0.1) is 11.7 Å². The van der Waals surface area contributed by atoms with Crippen LogP contribution in [-0.4, -0.2) is 51.9 Å². The number of aryl methyl sites for hydroxylation is 1. The number of halogens is 2. The summed E-state index contributed by atoms with van der Waals surface area (Å²) in [6, 6.07) is 5.01. The Bertz CT molecular complexity index is 1030. The van der Waals surface area contributed by atoms with E-state index in [0.29, 0.717) is 54.6 Å². The minimum atomic E-state index is -0.369. The summed E-state index contributed by atoms with van der Waals surface area (Å²) in [6.45, 7) is 1.49. The first-order valence-electron chi connectivity index (χ1n) is 9.71. The Morgan fingerprint density at radius 3 is 2.69 bits per heavy atom. The molecule has 1 fully saturated rings. The standard InChI is InChI=1S/C21H23F2N5O/c1-27-13-17(11-25-27)15-8-16-10-20(24-12-18(16)19(23)9-15)26-21(29)14-2-5-28(6-3-14)7-4-22/h8-14H,2-7H2,1H3,(H,24,26,29). The molecule has 0 radical (unpaired) electrons. The molecule has 1 amide bonds. The van der Waals surface area contributed by atoms with Crippen LogP contribution < -0.4 is 5.32 Å². The number of hydrogen-bond acceptors (Lipinski definition) is 4. The number of piperidine rings is 1. The van der Waals surface area contributed by atoms with Gasteiger partial charge in [0.1, 0.15) is 18.3 Å². The summed E-state index contributed by atoms with van der Waals surface area (Å²) in [6.07, 6.45) is 6.33. The van der Waals surface area contributed by atoms with Crippen LogP contribution in [0.2, 0.25) is 0 Å². The van der Waals surface area contributed by atoms with Gasteiger partial charge in [0.15, 0.2) is 0 Å². The Labute approximate surface area is 167 Å². The minimum Gasteiger partial charge on any atom is -0.310 e. The Balaban J connectivity index is 1.51. The highest BCUT2D eigenvalue weighted by Crippen LogP contribution is 2.28. The van der Waals surface area contributed by atoms with E-state index >= 15 is 0 Å². The Morgan fingerprint density at radius 2 is 2.00 bits per heavy atom. The number of anilines is 1. The average Bonchev–Trinajstić information content (AvgIpc) is 3.15. The average molecular weight is 399 g/mol.